The largest absolute Gasteiger partial charge is 0.481 e. The van der Waals surface area contributed by atoms with Crippen LogP contribution < -0.4 is 5.32 Å². The zero-order valence-corrected chi connectivity index (χ0v) is 9.06. The summed E-state index contributed by atoms with van der Waals surface area (Å²) in [5, 5.41) is 11.2. The van der Waals surface area contributed by atoms with E-state index in [1.54, 1.807) is 19.1 Å². The Bertz CT molecular complexity index is 269. The van der Waals surface area contributed by atoms with Crippen LogP contribution in [0.3, 0.4) is 0 Å². The molecule has 0 aliphatic heterocycles. The lowest BCUT2D eigenvalue weighted by Crippen LogP contribution is -2.25. The monoisotopic (exact) mass is 211 g/mol. The average molecular weight is 211 g/mol. The quantitative estimate of drug-likeness (QED) is 0.514. The van der Waals surface area contributed by atoms with Crippen molar-refractivity contribution in [1.29, 1.82) is 0 Å². The molecule has 1 unspecified atom stereocenters. The highest BCUT2D eigenvalue weighted by Crippen LogP contribution is 1.99. The third-order valence-corrected chi connectivity index (χ3v) is 1.85. The van der Waals surface area contributed by atoms with Crippen LogP contribution in [0.15, 0.2) is 24.3 Å². The molecule has 0 aromatic rings. The van der Waals surface area contributed by atoms with Gasteiger partial charge in [0.15, 0.2) is 0 Å². The summed E-state index contributed by atoms with van der Waals surface area (Å²) in [6.45, 7) is 3.85. The van der Waals surface area contributed by atoms with Gasteiger partial charge in [-0.25, -0.2) is 0 Å². The summed E-state index contributed by atoms with van der Waals surface area (Å²) in [7, 11) is 0. The molecule has 0 rings (SSSR count). The molecule has 0 spiro atoms. The molecule has 0 saturated carbocycles. The van der Waals surface area contributed by atoms with Gasteiger partial charge in [-0.05, 0) is 13.3 Å². The highest BCUT2D eigenvalue weighted by atomic mass is 16.4. The van der Waals surface area contributed by atoms with Crippen molar-refractivity contribution in [2.24, 2.45) is 5.92 Å². The molecule has 0 aromatic heterocycles. The first-order chi connectivity index (χ1) is 7.07. The second-order valence-corrected chi connectivity index (χ2v) is 3.20. The number of carbonyl (C=O) groups is 2. The number of nitrogens with one attached hydrogen (secondary N) is 1. The zero-order valence-electron chi connectivity index (χ0n) is 9.06. The molecule has 0 aliphatic carbocycles. The summed E-state index contributed by atoms with van der Waals surface area (Å²) < 4.78 is 0. The van der Waals surface area contributed by atoms with E-state index in [0.29, 0.717) is 13.0 Å². The molecular formula is C11H17NO3. The minimum Gasteiger partial charge on any atom is -0.481 e. The summed E-state index contributed by atoms with van der Waals surface area (Å²) in [6.07, 6.45) is 7.05. The summed E-state index contributed by atoms with van der Waals surface area (Å²) in [5.41, 5.74) is 0. The molecule has 0 aromatic carbocycles. The Morgan fingerprint density at radius 2 is 2.07 bits per heavy atom. The molecule has 1 atom stereocenters. The van der Waals surface area contributed by atoms with Crippen molar-refractivity contribution in [3.05, 3.63) is 24.3 Å². The van der Waals surface area contributed by atoms with Gasteiger partial charge in [-0.3, -0.25) is 9.59 Å². The highest BCUT2D eigenvalue weighted by Gasteiger charge is 2.09. The number of carbonyl (C=O) groups excluding carboxylic acids is 1. The van der Waals surface area contributed by atoms with Gasteiger partial charge in [-0.15, -0.1) is 0 Å². The Morgan fingerprint density at radius 1 is 1.40 bits per heavy atom. The third-order valence-electron chi connectivity index (χ3n) is 1.85. The van der Waals surface area contributed by atoms with Crippen LogP contribution in [0.5, 0.6) is 0 Å². The van der Waals surface area contributed by atoms with Gasteiger partial charge in [0.2, 0.25) is 5.91 Å². The predicted molar refractivity (Wildman–Crippen MR) is 58.4 cm³/mol. The molecule has 0 radical (unpaired) electrons. The molecule has 1 amide bonds. The molecule has 0 saturated heterocycles. The average Bonchev–Trinajstić information content (AvgIpc) is 2.18. The Morgan fingerprint density at radius 3 is 2.60 bits per heavy atom. The lowest BCUT2D eigenvalue weighted by molar-refractivity contribution is -0.141. The smallest absolute Gasteiger partial charge is 0.306 e. The summed E-state index contributed by atoms with van der Waals surface area (Å²) in [5.74, 6) is -1.47. The molecule has 0 fully saturated rings. The molecule has 4 heteroatoms. The van der Waals surface area contributed by atoms with Crippen molar-refractivity contribution in [3.63, 3.8) is 0 Å². The van der Waals surface area contributed by atoms with Gasteiger partial charge in [0, 0.05) is 12.6 Å². The fourth-order valence-corrected chi connectivity index (χ4v) is 0.848. The summed E-state index contributed by atoms with van der Waals surface area (Å²) in [4.78, 5) is 21.5. The van der Waals surface area contributed by atoms with Crippen molar-refractivity contribution >= 4 is 11.9 Å². The maximum absolute atomic E-state index is 11.1. The Labute approximate surface area is 89.7 Å². The summed E-state index contributed by atoms with van der Waals surface area (Å²) >= 11 is 0. The van der Waals surface area contributed by atoms with Crippen molar-refractivity contribution < 1.29 is 14.7 Å². The maximum Gasteiger partial charge on any atom is 0.306 e. The molecule has 84 valence electrons. The van der Waals surface area contributed by atoms with E-state index in [1.807, 2.05) is 13.0 Å². The fourth-order valence-electron chi connectivity index (χ4n) is 0.848. The van der Waals surface area contributed by atoms with Gasteiger partial charge in [-0.2, -0.15) is 0 Å². The topological polar surface area (TPSA) is 66.4 Å². The Hall–Kier alpha value is -1.58. The van der Waals surface area contributed by atoms with E-state index in [9.17, 15) is 9.59 Å². The lowest BCUT2D eigenvalue weighted by atomic mass is 10.1. The van der Waals surface area contributed by atoms with Crippen LogP contribution in [0.1, 0.15) is 20.3 Å². The van der Waals surface area contributed by atoms with Crippen molar-refractivity contribution in [1.82, 2.24) is 5.32 Å². The van der Waals surface area contributed by atoms with Gasteiger partial charge in [0.25, 0.3) is 0 Å². The van der Waals surface area contributed by atoms with E-state index in [2.05, 4.69) is 5.32 Å². The van der Waals surface area contributed by atoms with Gasteiger partial charge >= 0.3 is 5.97 Å². The fraction of sp³-hybridized carbons (Fsp3) is 0.455. The standard InChI is InChI=1S/C11H17NO3/c1-3-4-5-6-10(13)12-8-7-9(2)11(14)15/h3-6,9H,7-8H2,1-2H3,(H,12,13)(H,14,15)/b4-3+,6-5?. The first kappa shape index (κ1) is 13.4. The van der Waals surface area contributed by atoms with Gasteiger partial charge in [0.05, 0.1) is 5.92 Å². The highest BCUT2D eigenvalue weighted by molar-refractivity contribution is 5.87. The molecule has 15 heavy (non-hydrogen) atoms. The number of carboxylic acids is 1. The molecule has 0 aliphatic rings. The molecule has 4 nitrogen and oxygen atoms in total. The van der Waals surface area contributed by atoms with E-state index in [-0.39, 0.29) is 5.91 Å². The van der Waals surface area contributed by atoms with Crippen LogP contribution in [0.4, 0.5) is 0 Å². The predicted octanol–water partition coefficient (Wildman–Crippen LogP) is 1.35. The number of hydrogen-bond acceptors (Lipinski definition) is 2. The number of rotatable bonds is 6. The van der Waals surface area contributed by atoms with Crippen LogP contribution in [0.2, 0.25) is 0 Å². The normalized spacial score (nSPS) is 13.2. The lowest BCUT2D eigenvalue weighted by Gasteiger charge is -2.05. The van der Waals surface area contributed by atoms with E-state index in [4.69, 9.17) is 5.11 Å². The van der Waals surface area contributed by atoms with Crippen LogP contribution in [-0.2, 0) is 9.59 Å². The number of carboxylic acid groups (broad SMARTS) is 1. The SMILES string of the molecule is C/C=C/C=CC(=O)NCCC(C)C(=O)O. The second kappa shape index (κ2) is 7.79. The second-order valence-electron chi connectivity index (χ2n) is 3.20. The number of aliphatic carboxylic acids is 1. The third kappa shape index (κ3) is 7.49. The van der Waals surface area contributed by atoms with Crippen LogP contribution >= 0.6 is 0 Å². The van der Waals surface area contributed by atoms with Gasteiger partial charge < -0.3 is 10.4 Å². The first-order valence-electron chi connectivity index (χ1n) is 4.88. The Kier molecular flexibility index (Phi) is 6.97. The van der Waals surface area contributed by atoms with Crippen LogP contribution in [0, 0.1) is 5.92 Å². The van der Waals surface area contributed by atoms with Crippen molar-refractivity contribution in [3.8, 4) is 0 Å². The number of amides is 1. The van der Waals surface area contributed by atoms with Gasteiger partial charge in [0.1, 0.15) is 0 Å². The van der Waals surface area contributed by atoms with E-state index in [1.165, 1.54) is 6.08 Å². The number of hydrogen-bond donors (Lipinski definition) is 2. The van der Waals surface area contributed by atoms with Crippen LogP contribution in [0.25, 0.3) is 0 Å². The maximum atomic E-state index is 11.1. The van der Waals surface area contributed by atoms with E-state index >= 15 is 0 Å². The summed E-state index contributed by atoms with van der Waals surface area (Å²) in [6, 6.07) is 0. The van der Waals surface area contributed by atoms with Gasteiger partial charge in [-0.1, -0.05) is 25.2 Å². The zero-order chi connectivity index (χ0) is 11.7. The van der Waals surface area contributed by atoms with Crippen molar-refractivity contribution in [2.75, 3.05) is 6.54 Å². The van der Waals surface area contributed by atoms with Crippen LogP contribution in [-0.4, -0.2) is 23.5 Å². The van der Waals surface area contributed by atoms with Crippen molar-refractivity contribution in [2.45, 2.75) is 20.3 Å². The minimum absolute atomic E-state index is 0.203. The Balaban J connectivity index is 3.68. The minimum atomic E-state index is -0.839. The molecule has 0 heterocycles. The first-order valence-corrected chi connectivity index (χ1v) is 4.88. The van der Waals surface area contributed by atoms with E-state index < -0.39 is 11.9 Å². The number of allylic oxidation sites excluding steroid dienone is 3. The van der Waals surface area contributed by atoms with E-state index in [0.717, 1.165) is 0 Å². The molecule has 2 N–H and O–H groups in total. The molecule has 0 bridgehead atoms. The molecular weight excluding hydrogens is 194 g/mol.